The predicted molar refractivity (Wildman–Crippen MR) is 144 cm³/mol. The minimum atomic E-state index is -0.223. The molecule has 2 aromatic carbocycles. The number of nitrogens with two attached hydrogens (primary N) is 1. The maximum absolute atomic E-state index is 12.7. The Morgan fingerprint density at radius 2 is 1.64 bits per heavy atom. The number of carbonyl (C=O) groups excluding carboxylic acids is 1. The number of amides is 1. The summed E-state index contributed by atoms with van der Waals surface area (Å²) in [5.41, 5.74) is 9.35. The molecule has 1 amide bonds. The van der Waals surface area contributed by atoms with Gasteiger partial charge in [-0.25, -0.2) is 9.78 Å². The summed E-state index contributed by atoms with van der Waals surface area (Å²) in [5.74, 6) is 0.502. The number of likely N-dealkylation sites (tertiary alicyclic amines) is 1. The Kier molecular flexibility index (Phi) is 9.16. The van der Waals surface area contributed by atoms with E-state index in [1.165, 1.54) is 11.1 Å². The third kappa shape index (κ3) is 7.46. The maximum Gasteiger partial charge on any atom is 0.409 e. The molecule has 1 aliphatic heterocycles. The molecule has 7 heteroatoms. The first kappa shape index (κ1) is 25.5. The number of ether oxygens (including phenoxy) is 1. The number of nitrogens with zero attached hydrogens (tertiary/aromatic N) is 3. The van der Waals surface area contributed by atoms with Crippen molar-refractivity contribution in [3.8, 4) is 0 Å². The molecule has 36 heavy (non-hydrogen) atoms. The number of pyridine rings is 1. The van der Waals surface area contributed by atoms with Gasteiger partial charge >= 0.3 is 6.09 Å². The molecular formula is C29H37N5O2. The smallest absolute Gasteiger partial charge is 0.409 e. The maximum atomic E-state index is 12.7. The number of carbonyl (C=O) groups is 1. The largest absolute Gasteiger partial charge is 0.449 e. The van der Waals surface area contributed by atoms with Crippen LogP contribution < -0.4 is 11.1 Å². The monoisotopic (exact) mass is 487 g/mol. The van der Waals surface area contributed by atoms with Gasteiger partial charge in [-0.2, -0.15) is 0 Å². The topological polar surface area (TPSA) is 83.7 Å². The van der Waals surface area contributed by atoms with Gasteiger partial charge in [-0.15, -0.1) is 0 Å². The Morgan fingerprint density at radius 1 is 1.03 bits per heavy atom. The zero-order valence-corrected chi connectivity index (χ0v) is 21.1. The van der Waals surface area contributed by atoms with Gasteiger partial charge in [-0.05, 0) is 49.4 Å². The van der Waals surface area contributed by atoms with Crippen molar-refractivity contribution in [2.75, 3.05) is 30.7 Å². The summed E-state index contributed by atoms with van der Waals surface area (Å²) in [6.45, 7) is 5.66. The van der Waals surface area contributed by atoms with Crippen LogP contribution in [-0.4, -0.2) is 52.7 Å². The number of anilines is 2. The van der Waals surface area contributed by atoms with Crippen LogP contribution in [0.15, 0.2) is 79.0 Å². The number of nitrogens with one attached hydrogen (secondary N) is 1. The quantitative estimate of drug-likeness (QED) is 0.411. The van der Waals surface area contributed by atoms with Gasteiger partial charge in [0, 0.05) is 44.5 Å². The minimum absolute atomic E-state index is 0.223. The molecule has 0 aliphatic carbocycles. The zero-order valence-electron chi connectivity index (χ0n) is 21.1. The number of benzene rings is 2. The van der Waals surface area contributed by atoms with E-state index in [0.717, 1.165) is 38.0 Å². The molecule has 1 atom stereocenters. The number of rotatable bonds is 10. The molecule has 3 N–H and O–H groups in total. The summed E-state index contributed by atoms with van der Waals surface area (Å²) in [6, 6.07) is 25.4. The van der Waals surface area contributed by atoms with Crippen LogP contribution >= 0.6 is 0 Å². The average Bonchev–Trinajstić information content (AvgIpc) is 2.91. The number of hydrogen-bond acceptors (Lipinski definition) is 6. The zero-order chi connectivity index (χ0) is 25.2. The molecule has 1 saturated heterocycles. The number of piperidine rings is 1. The van der Waals surface area contributed by atoms with Crippen molar-refractivity contribution < 1.29 is 9.53 Å². The van der Waals surface area contributed by atoms with Gasteiger partial charge in [0.15, 0.2) is 0 Å². The first-order valence-electron chi connectivity index (χ1n) is 12.8. The van der Waals surface area contributed by atoms with Crippen molar-refractivity contribution in [2.45, 2.75) is 51.4 Å². The first-order valence-corrected chi connectivity index (χ1v) is 12.8. The number of hydrogen-bond donors (Lipinski definition) is 2. The molecule has 0 saturated carbocycles. The van der Waals surface area contributed by atoms with Crippen LogP contribution in [0.5, 0.6) is 0 Å². The summed E-state index contributed by atoms with van der Waals surface area (Å²) in [5, 5.41) is 3.45. The minimum Gasteiger partial charge on any atom is -0.449 e. The molecule has 1 fully saturated rings. The van der Waals surface area contributed by atoms with Crippen molar-refractivity contribution >= 4 is 17.6 Å². The Balaban J connectivity index is 1.23. The molecule has 2 heterocycles. The lowest BCUT2D eigenvalue weighted by Crippen LogP contribution is -2.43. The highest BCUT2D eigenvalue weighted by atomic mass is 16.6. The molecule has 0 radical (unpaired) electrons. The van der Waals surface area contributed by atoms with Crippen LogP contribution in [0.25, 0.3) is 0 Å². The summed E-state index contributed by atoms with van der Waals surface area (Å²) in [4.78, 5) is 21.1. The molecule has 7 nitrogen and oxygen atoms in total. The van der Waals surface area contributed by atoms with Gasteiger partial charge in [-0.3, -0.25) is 4.90 Å². The fourth-order valence-corrected chi connectivity index (χ4v) is 4.56. The molecule has 0 bridgehead atoms. The van der Waals surface area contributed by atoms with Crippen LogP contribution in [0.4, 0.5) is 16.3 Å². The van der Waals surface area contributed by atoms with E-state index in [9.17, 15) is 4.79 Å². The third-order valence-corrected chi connectivity index (χ3v) is 6.79. The van der Waals surface area contributed by atoms with Crippen LogP contribution in [0.3, 0.4) is 0 Å². The Morgan fingerprint density at radius 3 is 2.22 bits per heavy atom. The highest BCUT2D eigenvalue weighted by molar-refractivity contribution is 5.68. The fourth-order valence-electron chi connectivity index (χ4n) is 4.56. The van der Waals surface area contributed by atoms with Crippen LogP contribution in [0.2, 0.25) is 0 Å². The van der Waals surface area contributed by atoms with Gasteiger partial charge in [-0.1, -0.05) is 60.7 Å². The third-order valence-electron chi connectivity index (χ3n) is 6.79. The SMILES string of the molecule is CC(CCOC(=O)N1CCC(Nc2cccnc2N)CC1)N(Cc1ccccc1)Cc1ccccc1. The van der Waals surface area contributed by atoms with E-state index in [-0.39, 0.29) is 18.2 Å². The number of aromatic nitrogens is 1. The van der Waals surface area contributed by atoms with E-state index in [1.807, 2.05) is 24.3 Å². The summed E-state index contributed by atoms with van der Waals surface area (Å²) < 4.78 is 5.69. The van der Waals surface area contributed by atoms with Crippen LogP contribution in [-0.2, 0) is 17.8 Å². The predicted octanol–water partition coefficient (Wildman–Crippen LogP) is 5.16. The molecule has 190 valence electrons. The second-order valence-corrected chi connectivity index (χ2v) is 9.47. The molecule has 1 aliphatic rings. The normalized spacial score (nSPS) is 15.0. The molecular weight excluding hydrogens is 450 g/mol. The Bertz CT molecular complexity index is 1030. The van der Waals surface area contributed by atoms with Gasteiger partial charge in [0.25, 0.3) is 0 Å². The van der Waals surface area contributed by atoms with E-state index < -0.39 is 0 Å². The fraction of sp³-hybridized carbons (Fsp3) is 0.379. The summed E-state index contributed by atoms with van der Waals surface area (Å²) in [6.07, 6.45) is 3.94. The second-order valence-electron chi connectivity index (χ2n) is 9.47. The summed E-state index contributed by atoms with van der Waals surface area (Å²) >= 11 is 0. The van der Waals surface area contributed by atoms with Crippen molar-refractivity contribution in [2.24, 2.45) is 0 Å². The van der Waals surface area contributed by atoms with E-state index in [1.54, 1.807) is 11.1 Å². The highest BCUT2D eigenvalue weighted by Crippen LogP contribution is 2.21. The van der Waals surface area contributed by atoms with E-state index in [0.29, 0.717) is 25.5 Å². The second kappa shape index (κ2) is 12.9. The number of nitrogen functional groups attached to an aromatic ring is 1. The van der Waals surface area contributed by atoms with Crippen molar-refractivity contribution in [3.63, 3.8) is 0 Å². The van der Waals surface area contributed by atoms with Crippen molar-refractivity contribution in [1.29, 1.82) is 0 Å². The molecule has 1 unspecified atom stereocenters. The first-order chi connectivity index (χ1) is 17.6. The van der Waals surface area contributed by atoms with Gasteiger partial charge < -0.3 is 20.7 Å². The lowest BCUT2D eigenvalue weighted by atomic mass is 10.1. The summed E-state index contributed by atoms with van der Waals surface area (Å²) in [7, 11) is 0. The molecule has 0 spiro atoms. The standard InChI is InChI=1S/C29H37N5O2/c1-23(34(21-24-9-4-2-5-10-24)22-25-11-6-3-7-12-25)16-20-36-29(35)33-18-14-26(15-19-33)32-27-13-8-17-31-28(27)30/h2-13,17,23,26,32H,14-16,18-22H2,1H3,(H2,30,31). The molecule has 4 rings (SSSR count). The molecule has 1 aromatic heterocycles. The lowest BCUT2D eigenvalue weighted by Gasteiger charge is -2.33. The van der Waals surface area contributed by atoms with Crippen molar-refractivity contribution in [1.82, 2.24) is 14.8 Å². The Hall–Kier alpha value is -3.58. The van der Waals surface area contributed by atoms with Gasteiger partial charge in [0.05, 0.1) is 12.3 Å². The molecule has 3 aromatic rings. The Labute approximate surface area is 214 Å². The van der Waals surface area contributed by atoms with E-state index in [4.69, 9.17) is 10.5 Å². The average molecular weight is 488 g/mol. The highest BCUT2D eigenvalue weighted by Gasteiger charge is 2.24. The van der Waals surface area contributed by atoms with Crippen LogP contribution in [0.1, 0.15) is 37.3 Å². The van der Waals surface area contributed by atoms with E-state index in [2.05, 4.69) is 70.7 Å². The van der Waals surface area contributed by atoms with Crippen molar-refractivity contribution in [3.05, 3.63) is 90.1 Å². The lowest BCUT2D eigenvalue weighted by molar-refractivity contribution is 0.0807. The van der Waals surface area contributed by atoms with Gasteiger partial charge in [0.1, 0.15) is 5.82 Å². The van der Waals surface area contributed by atoms with Crippen LogP contribution in [0, 0.1) is 0 Å². The van der Waals surface area contributed by atoms with Gasteiger partial charge in [0.2, 0.25) is 0 Å². The van der Waals surface area contributed by atoms with E-state index >= 15 is 0 Å².